The van der Waals surface area contributed by atoms with E-state index in [1.165, 1.54) is 54.3 Å². The number of carbonyl (C=O) groups is 2. The lowest BCUT2D eigenvalue weighted by atomic mass is 10.1. The van der Waals surface area contributed by atoms with E-state index in [1.54, 1.807) is 6.07 Å². The fourth-order valence-corrected chi connectivity index (χ4v) is 3.33. The molecule has 164 valence electrons. The van der Waals surface area contributed by atoms with Crippen molar-refractivity contribution in [3.05, 3.63) is 70.4 Å². The number of amides is 1. The number of anilines is 1. The van der Waals surface area contributed by atoms with Crippen molar-refractivity contribution in [2.75, 3.05) is 11.4 Å². The first-order valence-corrected chi connectivity index (χ1v) is 9.67. The van der Waals surface area contributed by atoms with Gasteiger partial charge in [0.15, 0.2) is 6.10 Å². The van der Waals surface area contributed by atoms with Gasteiger partial charge >= 0.3 is 5.97 Å². The Morgan fingerprint density at radius 1 is 1.25 bits per heavy atom. The Kier molecular flexibility index (Phi) is 5.63. The van der Waals surface area contributed by atoms with Gasteiger partial charge in [-0.05, 0) is 31.2 Å². The van der Waals surface area contributed by atoms with Crippen LogP contribution < -0.4 is 4.90 Å². The van der Waals surface area contributed by atoms with Crippen molar-refractivity contribution < 1.29 is 28.1 Å². The molecule has 11 heteroatoms. The van der Waals surface area contributed by atoms with E-state index in [4.69, 9.17) is 9.15 Å². The van der Waals surface area contributed by atoms with Crippen LogP contribution >= 0.6 is 0 Å². The van der Waals surface area contributed by atoms with Crippen LogP contribution in [0.1, 0.15) is 25.3 Å². The number of esters is 1. The van der Waals surface area contributed by atoms with Crippen LogP contribution in [0, 0.1) is 21.8 Å². The summed E-state index contributed by atoms with van der Waals surface area (Å²) < 4.78 is 24.9. The lowest BCUT2D eigenvalue weighted by molar-refractivity contribution is -0.384. The highest BCUT2D eigenvalue weighted by Gasteiger charge is 2.38. The number of benzene rings is 2. The van der Waals surface area contributed by atoms with Crippen LogP contribution in [0.25, 0.3) is 11.5 Å². The summed E-state index contributed by atoms with van der Waals surface area (Å²) in [7, 11) is 0. The van der Waals surface area contributed by atoms with Crippen LogP contribution in [-0.4, -0.2) is 33.5 Å². The van der Waals surface area contributed by atoms with Gasteiger partial charge in [0.05, 0.1) is 16.5 Å². The minimum absolute atomic E-state index is 0.00317. The Bertz CT molecular complexity index is 1180. The number of hydrogen-bond acceptors (Lipinski definition) is 8. The maximum Gasteiger partial charge on any atom is 0.312 e. The smallest absolute Gasteiger partial charge is 0.312 e. The standard InChI is InChI=1S/C21H17FN4O6/c1-12(19-23-24-20(32-19)13-6-8-15(9-7-13)26(29)30)31-21(28)14-10-18(27)25(11-14)17-5-3-2-4-16(17)22/h2-9,12,14H,10-11H2,1H3/t12-,14+/m0/s1. The van der Waals surface area contributed by atoms with Gasteiger partial charge in [-0.15, -0.1) is 10.2 Å². The maximum atomic E-state index is 14.0. The third kappa shape index (κ3) is 4.17. The first-order chi connectivity index (χ1) is 15.3. The van der Waals surface area contributed by atoms with Gasteiger partial charge < -0.3 is 14.1 Å². The molecule has 32 heavy (non-hydrogen) atoms. The van der Waals surface area contributed by atoms with E-state index in [-0.39, 0.29) is 42.0 Å². The summed E-state index contributed by atoms with van der Waals surface area (Å²) >= 11 is 0. The molecule has 1 aliphatic rings. The molecule has 1 aromatic heterocycles. The van der Waals surface area contributed by atoms with Crippen molar-refractivity contribution in [2.24, 2.45) is 5.92 Å². The molecule has 1 fully saturated rings. The third-order valence-corrected chi connectivity index (χ3v) is 5.01. The molecular formula is C21H17FN4O6. The monoisotopic (exact) mass is 440 g/mol. The first-order valence-electron chi connectivity index (χ1n) is 9.67. The number of ether oxygens (including phenoxy) is 1. The summed E-state index contributed by atoms with van der Waals surface area (Å²) in [6.07, 6.45) is -0.989. The van der Waals surface area contributed by atoms with Crippen LogP contribution in [-0.2, 0) is 14.3 Å². The molecule has 1 amide bonds. The van der Waals surface area contributed by atoms with Gasteiger partial charge in [-0.2, -0.15) is 0 Å². The van der Waals surface area contributed by atoms with Crippen molar-refractivity contribution in [1.29, 1.82) is 0 Å². The quantitative estimate of drug-likeness (QED) is 0.324. The number of rotatable bonds is 6. The SMILES string of the molecule is C[C@H](OC(=O)[C@@H]1CC(=O)N(c2ccccc2F)C1)c1nnc(-c2ccc([N+](=O)[O-])cc2)o1. The number of nitro benzene ring substituents is 1. The number of hydrogen-bond donors (Lipinski definition) is 0. The highest BCUT2D eigenvalue weighted by molar-refractivity contribution is 5.99. The maximum absolute atomic E-state index is 14.0. The predicted molar refractivity (Wildman–Crippen MR) is 108 cm³/mol. The Hall–Kier alpha value is -4.15. The van der Waals surface area contributed by atoms with E-state index >= 15 is 0 Å². The van der Waals surface area contributed by atoms with E-state index in [0.29, 0.717) is 5.56 Å². The molecule has 0 N–H and O–H groups in total. The normalized spacial score (nSPS) is 16.8. The summed E-state index contributed by atoms with van der Waals surface area (Å²) in [6.45, 7) is 1.54. The zero-order valence-electron chi connectivity index (χ0n) is 16.8. The van der Waals surface area contributed by atoms with Crippen LogP contribution in [0.4, 0.5) is 15.8 Å². The molecule has 2 aromatic carbocycles. The van der Waals surface area contributed by atoms with E-state index in [0.717, 1.165) is 0 Å². The van der Waals surface area contributed by atoms with E-state index in [9.17, 15) is 24.1 Å². The number of nitro groups is 1. The fourth-order valence-electron chi connectivity index (χ4n) is 3.33. The number of nitrogens with zero attached hydrogens (tertiary/aromatic N) is 4. The average Bonchev–Trinajstić information content (AvgIpc) is 3.41. The molecule has 0 spiro atoms. The zero-order valence-corrected chi connectivity index (χ0v) is 16.8. The highest BCUT2D eigenvalue weighted by Crippen LogP contribution is 2.30. The van der Waals surface area contributed by atoms with Gasteiger partial charge in [0.25, 0.3) is 11.6 Å². The molecule has 2 atom stereocenters. The molecule has 4 rings (SSSR count). The summed E-state index contributed by atoms with van der Waals surface area (Å²) in [5, 5.41) is 18.5. The zero-order chi connectivity index (χ0) is 22.8. The summed E-state index contributed by atoms with van der Waals surface area (Å²) in [5.41, 5.74) is 0.506. The lowest BCUT2D eigenvalue weighted by Gasteiger charge is -2.17. The van der Waals surface area contributed by atoms with Gasteiger partial charge in [0.2, 0.25) is 11.8 Å². The number of aromatic nitrogens is 2. The molecule has 3 aromatic rings. The number of carbonyl (C=O) groups excluding carboxylic acids is 2. The Labute approximate surface area is 180 Å². The number of para-hydroxylation sites is 1. The van der Waals surface area contributed by atoms with Crippen molar-refractivity contribution in [1.82, 2.24) is 10.2 Å². The van der Waals surface area contributed by atoms with Crippen LogP contribution in [0.5, 0.6) is 0 Å². The van der Waals surface area contributed by atoms with Gasteiger partial charge in [-0.1, -0.05) is 12.1 Å². The average molecular weight is 440 g/mol. The number of halogens is 1. The molecule has 0 aliphatic carbocycles. The van der Waals surface area contributed by atoms with Gasteiger partial charge in [0, 0.05) is 30.7 Å². The Balaban J connectivity index is 1.41. The summed E-state index contributed by atoms with van der Waals surface area (Å²) in [5.74, 6) is -2.18. The van der Waals surface area contributed by atoms with Gasteiger partial charge in [-0.25, -0.2) is 4.39 Å². The summed E-state index contributed by atoms with van der Waals surface area (Å²) in [6, 6.07) is 11.4. The van der Waals surface area contributed by atoms with Gasteiger partial charge in [-0.3, -0.25) is 19.7 Å². The predicted octanol–water partition coefficient (Wildman–Crippen LogP) is 3.44. The highest BCUT2D eigenvalue weighted by atomic mass is 19.1. The summed E-state index contributed by atoms with van der Waals surface area (Å²) in [4.78, 5) is 36.3. The van der Waals surface area contributed by atoms with Gasteiger partial charge in [0.1, 0.15) is 5.82 Å². The first kappa shape index (κ1) is 21.1. The van der Waals surface area contributed by atoms with E-state index in [2.05, 4.69) is 10.2 Å². The van der Waals surface area contributed by atoms with Crippen LogP contribution in [0.3, 0.4) is 0 Å². The van der Waals surface area contributed by atoms with Crippen LogP contribution in [0.2, 0.25) is 0 Å². The molecule has 1 aliphatic heterocycles. The van der Waals surface area contributed by atoms with Crippen molar-refractivity contribution in [2.45, 2.75) is 19.4 Å². The topological polar surface area (TPSA) is 129 Å². The second kappa shape index (κ2) is 8.53. The third-order valence-electron chi connectivity index (χ3n) is 5.01. The molecule has 0 unspecified atom stereocenters. The number of non-ortho nitro benzene ring substituents is 1. The Morgan fingerprint density at radius 3 is 2.66 bits per heavy atom. The molecule has 0 radical (unpaired) electrons. The molecule has 0 saturated carbocycles. The van der Waals surface area contributed by atoms with E-state index in [1.807, 2.05) is 0 Å². The second-order valence-electron chi connectivity index (χ2n) is 7.19. The minimum atomic E-state index is -0.889. The van der Waals surface area contributed by atoms with Crippen molar-refractivity contribution in [3.63, 3.8) is 0 Å². The van der Waals surface area contributed by atoms with E-state index < -0.39 is 28.7 Å². The second-order valence-corrected chi connectivity index (χ2v) is 7.19. The van der Waals surface area contributed by atoms with Crippen molar-refractivity contribution >= 4 is 23.3 Å². The molecule has 10 nitrogen and oxygen atoms in total. The fraction of sp³-hybridized carbons (Fsp3) is 0.238. The molecule has 0 bridgehead atoms. The van der Waals surface area contributed by atoms with Crippen molar-refractivity contribution in [3.8, 4) is 11.5 Å². The molecule has 2 heterocycles. The minimum Gasteiger partial charge on any atom is -0.452 e. The largest absolute Gasteiger partial charge is 0.452 e. The molecular weight excluding hydrogens is 423 g/mol. The lowest BCUT2D eigenvalue weighted by Crippen LogP contribution is -2.27. The Morgan fingerprint density at radius 2 is 1.97 bits per heavy atom. The molecule has 1 saturated heterocycles. The van der Waals surface area contributed by atoms with Crippen LogP contribution in [0.15, 0.2) is 52.9 Å².